The van der Waals surface area contributed by atoms with Gasteiger partial charge in [0.1, 0.15) is 0 Å². The number of nitrogens with zero attached hydrogens (tertiary/aromatic N) is 2. The van der Waals surface area contributed by atoms with Gasteiger partial charge >= 0.3 is 6.03 Å². The van der Waals surface area contributed by atoms with E-state index in [0.29, 0.717) is 16.5 Å². The van der Waals surface area contributed by atoms with Crippen molar-refractivity contribution >= 4 is 35.3 Å². The van der Waals surface area contributed by atoms with E-state index in [4.69, 9.17) is 16.0 Å². The van der Waals surface area contributed by atoms with Crippen molar-refractivity contribution in [3.8, 4) is 11.5 Å². The number of halogens is 1. The van der Waals surface area contributed by atoms with Gasteiger partial charge < -0.3 is 9.73 Å². The summed E-state index contributed by atoms with van der Waals surface area (Å²) in [5.41, 5.74) is 0.699. The zero-order valence-electron chi connectivity index (χ0n) is 14.2. The van der Waals surface area contributed by atoms with Gasteiger partial charge in [0.05, 0.1) is 5.25 Å². The van der Waals surface area contributed by atoms with Crippen molar-refractivity contribution < 1.29 is 14.0 Å². The van der Waals surface area contributed by atoms with Crippen LogP contribution in [-0.2, 0) is 4.79 Å². The van der Waals surface area contributed by atoms with E-state index in [1.807, 2.05) is 0 Å². The topological polar surface area (TPSA) is 97.1 Å². The number of thioether (sulfide) groups is 1. The highest BCUT2D eigenvalue weighted by Crippen LogP contribution is 2.27. The second-order valence-corrected chi connectivity index (χ2v) is 7.82. The molecule has 0 unspecified atom stereocenters. The summed E-state index contributed by atoms with van der Waals surface area (Å²) < 4.78 is 5.56. The Balaban J connectivity index is 1.53. The van der Waals surface area contributed by atoms with Crippen LogP contribution < -0.4 is 10.6 Å². The van der Waals surface area contributed by atoms with Crippen LogP contribution in [-0.4, -0.2) is 33.4 Å². The van der Waals surface area contributed by atoms with E-state index in [1.54, 1.807) is 31.2 Å². The number of imide groups is 1. The standard InChI is InChI=1S/C17H19ClN4O3S/c1-10(14(23)20-16(24)19-13-7-2-3-8-13)26-17-22-21-15(25-17)11-5-4-6-12(18)9-11/h4-6,9-10,13H,2-3,7-8H2,1H3,(H2,19,20,23,24)/t10-/m0/s1. The molecule has 0 aliphatic heterocycles. The maximum Gasteiger partial charge on any atom is 0.321 e. The number of nitrogens with one attached hydrogen (secondary N) is 2. The quantitative estimate of drug-likeness (QED) is 0.751. The first-order valence-corrected chi connectivity index (χ1v) is 9.64. The van der Waals surface area contributed by atoms with Crippen molar-refractivity contribution in [3.05, 3.63) is 29.3 Å². The second kappa shape index (κ2) is 8.55. The lowest BCUT2D eigenvalue weighted by Crippen LogP contribution is -2.45. The minimum absolute atomic E-state index is 0.155. The van der Waals surface area contributed by atoms with E-state index in [-0.39, 0.29) is 11.3 Å². The Kier molecular flexibility index (Phi) is 6.16. The van der Waals surface area contributed by atoms with Gasteiger partial charge in [-0.2, -0.15) is 0 Å². The Bertz CT molecular complexity index is 792. The Morgan fingerprint density at radius 1 is 1.31 bits per heavy atom. The number of carbonyl (C=O) groups excluding carboxylic acids is 2. The van der Waals surface area contributed by atoms with Crippen LogP contribution in [0.3, 0.4) is 0 Å². The molecule has 3 rings (SSSR count). The first-order valence-electron chi connectivity index (χ1n) is 8.39. The third-order valence-electron chi connectivity index (χ3n) is 4.05. The molecule has 0 saturated heterocycles. The molecule has 1 heterocycles. The molecule has 1 atom stereocenters. The molecular weight excluding hydrogens is 376 g/mol. The van der Waals surface area contributed by atoms with Gasteiger partial charge in [-0.1, -0.05) is 42.3 Å². The molecule has 138 valence electrons. The SMILES string of the molecule is C[C@H](Sc1nnc(-c2cccc(Cl)c2)o1)C(=O)NC(=O)NC1CCCC1. The van der Waals surface area contributed by atoms with E-state index in [0.717, 1.165) is 37.4 Å². The molecule has 2 N–H and O–H groups in total. The van der Waals surface area contributed by atoms with Gasteiger partial charge in [-0.15, -0.1) is 10.2 Å². The van der Waals surface area contributed by atoms with E-state index in [1.165, 1.54) is 0 Å². The summed E-state index contributed by atoms with van der Waals surface area (Å²) in [6.45, 7) is 1.67. The predicted octanol–water partition coefficient (Wildman–Crippen LogP) is 3.64. The van der Waals surface area contributed by atoms with Crippen molar-refractivity contribution in [2.24, 2.45) is 0 Å². The second-order valence-electron chi connectivity index (χ2n) is 6.09. The summed E-state index contributed by atoms with van der Waals surface area (Å²) in [5, 5.41) is 13.3. The molecule has 9 heteroatoms. The Hall–Kier alpha value is -2.06. The van der Waals surface area contributed by atoms with Gasteiger partial charge in [0.2, 0.25) is 11.8 Å². The average Bonchev–Trinajstić information content (AvgIpc) is 3.26. The molecule has 2 aromatic rings. The lowest BCUT2D eigenvalue weighted by molar-refractivity contribution is -0.119. The number of rotatable bonds is 5. The minimum Gasteiger partial charge on any atom is -0.411 e. The van der Waals surface area contributed by atoms with E-state index < -0.39 is 17.2 Å². The number of hydrogen-bond donors (Lipinski definition) is 2. The van der Waals surface area contributed by atoms with Crippen molar-refractivity contribution in [3.63, 3.8) is 0 Å². The number of hydrogen-bond acceptors (Lipinski definition) is 6. The van der Waals surface area contributed by atoms with Crippen molar-refractivity contribution in [2.45, 2.75) is 49.1 Å². The molecule has 1 aromatic heterocycles. The fourth-order valence-electron chi connectivity index (χ4n) is 2.71. The molecule has 7 nitrogen and oxygen atoms in total. The number of amides is 3. The first kappa shape index (κ1) is 18.7. The summed E-state index contributed by atoms with van der Waals surface area (Å²) in [4.78, 5) is 24.0. The molecular formula is C17H19ClN4O3S. The maximum atomic E-state index is 12.2. The molecule has 0 bridgehead atoms. The van der Waals surface area contributed by atoms with Crippen molar-refractivity contribution in [2.75, 3.05) is 0 Å². The fraction of sp³-hybridized carbons (Fsp3) is 0.412. The zero-order chi connectivity index (χ0) is 18.5. The lowest BCUT2D eigenvalue weighted by Gasteiger charge is -2.13. The van der Waals surface area contributed by atoms with Crippen LogP contribution in [0.1, 0.15) is 32.6 Å². The molecule has 0 spiro atoms. The molecule has 1 saturated carbocycles. The molecule has 26 heavy (non-hydrogen) atoms. The smallest absolute Gasteiger partial charge is 0.321 e. The first-order chi connectivity index (χ1) is 12.5. The normalized spacial score (nSPS) is 15.6. The van der Waals surface area contributed by atoms with Gasteiger partial charge in [-0.25, -0.2) is 4.79 Å². The summed E-state index contributed by atoms with van der Waals surface area (Å²) >= 11 is 7.04. The average molecular weight is 395 g/mol. The van der Waals surface area contributed by atoms with Gasteiger partial charge in [0.15, 0.2) is 0 Å². The van der Waals surface area contributed by atoms with Gasteiger partial charge in [0, 0.05) is 16.6 Å². The summed E-state index contributed by atoms with van der Waals surface area (Å²) in [7, 11) is 0. The third kappa shape index (κ3) is 4.98. The predicted molar refractivity (Wildman–Crippen MR) is 99.0 cm³/mol. The zero-order valence-corrected chi connectivity index (χ0v) is 15.8. The molecule has 3 amide bonds. The minimum atomic E-state index is -0.558. The van der Waals surface area contributed by atoms with Crippen LogP contribution in [0.15, 0.2) is 33.9 Å². The molecule has 1 aromatic carbocycles. The highest BCUT2D eigenvalue weighted by atomic mass is 35.5. The molecule has 1 aliphatic rings. The highest BCUT2D eigenvalue weighted by molar-refractivity contribution is 8.00. The van der Waals surface area contributed by atoms with Crippen LogP contribution in [0.2, 0.25) is 5.02 Å². The van der Waals surface area contributed by atoms with Crippen LogP contribution in [0.4, 0.5) is 4.79 Å². The monoisotopic (exact) mass is 394 g/mol. The molecule has 0 radical (unpaired) electrons. The third-order valence-corrected chi connectivity index (χ3v) is 5.22. The highest BCUT2D eigenvalue weighted by Gasteiger charge is 2.22. The Morgan fingerprint density at radius 3 is 2.81 bits per heavy atom. The largest absolute Gasteiger partial charge is 0.411 e. The van der Waals surface area contributed by atoms with E-state index in [2.05, 4.69) is 20.8 Å². The molecule has 1 fully saturated rings. The fourth-order valence-corrected chi connectivity index (χ4v) is 3.58. The van der Waals surface area contributed by atoms with Gasteiger partial charge in [-0.05, 0) is 38.0 Å². The number of urea groups is 1. The molecule has 1 aliphatic carbocycles. The van der Waals surface area contributed by atoms with E-state index >= 15 is 0 Å². The van der Waals surface area contributed by atoms with Crippen molar-refractivity contribution in [1.29, 1.82) is 0 Å². The van der Waals surface area contributed by atoms with Crippen LogP contribution in [0, 0.1) is 0 Å². The Morgan fingerprint density at radius 2 is 2.08 bits per heavy atom. The number of aromatic nitrogens is 2. The summed E-state index contributed by atoms with van der Waals surface area (Å²) in [6.07, 6.45) is 4.13. The lowest BCUT2D eigenvalue weighted by atomic mass is 10.2. The summed E-state index contributed by atoms with van der Waals surface area (Å²) in [6, 6.07) is 6.75. The van der Waals surface area contributed by atoms with Gasteiger partial charge in [-0.3, -0.25) is 10.1 Å². The Labute approximate surface area is 160 Å². The van der Waals surface area contributed by atoms with E-state index in [9.17, 15) is 9.59 Å². The van der Waals surface area contributed by atoms with Gasteiger partial charge in [0.25, 0.3) is 5.22 Å². The number of carbonyl (C=O) groups is 2. The summed E-state index contributed by atoms with van der Waals surface area (Å²) in [5.74, 6) is -0.0883. The van der Waals surface area contributed by atoms with Crippen molar-refractivity contribution in [1.82, 2.24) is 20.8 Å². The van der Waals surface area contributed by atoms with Crippen LogP contribution in [0.25, 0.3) is 11.5 Å². The van der Waals surface area contributed by atoms with Crippen LogP contribution >= 0.6 is 23.4 Å². The van der Waals surface area contributed by atoms with Crippen LogP contribution in [0.5, 0.6) is 0 Å². The maximum absolute atomic E-state index is 12.2. The number of benzene rings is 1.